The van der Waals surface area contributed by atoms with Crippen LogP contribution >= 0.6 is 0 Å². The van der Waals surface area contributed by atoms with E-state index in [1.54, 1.807) is 36.4 Å². The molecule has 27 heteroatoms. The monoisotopic (exact) mass is 790 g/mol. The number of aromatic amines is 6. The molecule has 0 bridgehead atoms. The maximum absolute atomic E-state index is 11.4. The van der Waals surface area contributed by atoms with Crippen LogP contribution in [-0.4, -0.2) is 55.1 Å². The van der Waals surface area contributed by atoms with Crippen LogP contribution in [0.2, 0.25) is 0 Å². The van der Waals surface area contributed by atoms with Gasteiger partial charge >= 0.3 is 17.1 Å². The number of nitrogen functional groups attached to an aromatic ring is 2. The number of hydrogen-bond donors (Lipinski definition) is 11. The molecule has 27 nitrogen and oxygen atoms in total. The van der Waals surface area contributed by atoms with Gasteiger partial charge in [0, 0.05) is 35.6 Å². The highest BCUT2D eigenvalue weighted by atomic mass is 16.6. The standard InChI is InChI=1S/C10H7N5O5.C10H9N5O3.C6H6N2O2.C4H4N2O3/c16-8-7(9(17)12-10(18)11-8)14-13-5-2-1-3-6(4-5)15(19)20;11-5-2-1-3-6(4-5)14-15-7-8(16)12-10(18)13-9(7)17;7-5-2-1-3-6(4-5)8(9)10;7-2-1-3(8)6-4(9)5-2/h1-4H,(H3,11,12,16,17,18);1-4H,11H2,(H3,12,13,16,17,18);1-4H,7H2;1H,(H3,5,6,7,8,9). The van der Waals surface area contributed by atoms with Gasteiger partial charge in [0.2, 0.25) is 23.1 Å². The molecule has 0 atom stereocenters. The van der Waals surface area contributed by atoms with E-state index >= 15 is 0 Å². The Kier molecular flexibility index (Phi) is 14.4. The lowest BCUT2D eigenvalue weighted by molar-refractivity contribution is -0.385. The molecule has 0 aliphatic heterocycles. The molecular weight excluding hydrogens is 764 g/mol. The first-order valence-corrected chi connectivity index (χ1v) is 15.0. The zero-order valence-corrected chi connectivity index (χ0v) is 28.3. The van der Waals surface area contributed by atoms with Crippen LogP contribution in [-0.2, 0) is 0 Å². The van der Waals surface area contributed by atoms with Crippen molar-refractivity contribution in [2.24, 2.45) is 20.5 Å². The zero-order valence-electron chi connectivity index (χ0n) is 28.3. The number of aromatic hydroxyl groups is 3. The topological polar surface area (TPSA) is 446 Å². The summed E-state index contributed by atoms with van der Waals surface area (Å²) in [6.45, 7) is 0. The number of aromatic nitrogens is 6. The number of hydrogen-bond acceptors (Lipinski definition) is 19. The maximum Gasteiger partial charge on any atom is 0.328 e. The smallest absolute Gasteiger partial charge is 0.328 e. The highest BCUT2D eigenvalue weighted by molar-refractivity contribution is 5.51. The second-order valence-corrected chi connectivity index (χ2v) is 10.3. The molecule has 0 radical (unpaired) electrons. The van der Waals surface area contributed by atoms with Crippen molar-refractivity contribution in [3.8, 4) is 17.6 Å². The number of nitrogens with zero attached hydrogens (tertiary/aromatic N) is 6. The normalized spacial score (nSPS) is 10.3. The molecule has 57 heavy (non-hydrogen) atoms. The van der Waals surface area contributed by atoms with Crippen molar-refractivity contribution in [3.05, 3.63) is 162 Å². The van der Waals surface area contributed by atoms with E-state index in [2.05, 4.69) is 20.5 Å². The summed E-state index contributed by atoms with van der Waals surface area (Å²) >= 11 is 0. The Morgan fingerprint density at radius 2 is 0.930 bits per heavy atom. The SMILES string of the molecule is Nc1cccc(N=Nc2c(O)[nH]c(=O)[nH]c2=O)c1.Nc1cccc([N+](=O)[O-])c1.O=c1[nH]c(O)c(N=Nc2cccc([N+](=O)[O-])c2)c(=O)[nH]1.O=c1cc(O)[nH]c(=O)[nH]1. The number of nitrogens with two attached hydrogens (primary N) is 2. The summed E-state index contributed by atoms with van der Waals surface area (Å²) in [5.74, 6) is -1.81. The average molecular weight is 791 g/mol. The second kappa shape index (κ2) is 19.5. The molecule has 0 saturated heterocycles. The van der Waals surface area contributed by atoms with Crippen LogP contribution in [0.1, 0.15) is 0 Å². The van der Waals surface area contributed by atoms with Gasteiger partial charge in [-0.05, 0) is 30.3 Å². The highest BCUT2D eigenvalue weighted by Gasteiger charge is 2.09. The Morgan fingerprint density at radius 1 is 0.509 bits per heavy atom. The molecule has 6 aromatic rings. The van der Waals surface area contributed by atoms with Gasteiger partial charge in [-0.3, -0.25) is 64.5 Å². The molecule has 13 N–H and O–H groups in total. The van der Waals surface area contributed by atoms with Gasteiger partial charge in [-0.15, -0.1) is 15.3 Å². The summed E-state index contributed by atoms with van der Waals surface area (Å²) in [4.78, 5) is 96.0. The number of nitrogens with one attached hydrogen (secondary N) is 6. The molecule has 6 rings (SSSR count). The summed E-state index contributed by atoms with van der Waals surface area (Å²) in [5.41, 5.74) is 6.43. The van der Waals surface area contributed by atoms with Crippen LogP contribution in [0.3, 0.4) is 0 Å². The summed E-state index contributed by atoms with van der Waals surface area (Å²) in [6.07, 6.45) is 0. The molecule has 3 heterocycles. The molecule has 3 aromatic carbocycles. The summed E-state index contributed by atoms with van der Waals surface area (Å²) in [6, 6.07) is 18.5. The van der Waals surface area contributed by atoms with Gasteiger partial charge in [0.15, 0.2) is 5.88 Å². The van der Waals surface area contributed by atoms with E-state index < -0.39 is 66.9 Å². The van der Waals surface area contributed by atoms with E-state index in [4.69, 9.17) is 16.6 Å². The zero-order chi connectivity index (χ0) is 42.2. The van der Waals surface area contributed by atoms with Crippen LogP contribution in [0.4, 0.5) is 45.5 Å². The van der Waals surface area contributed by atoms with Crippen molar-refractivity contribution in [1.82, 2.24) is 29.9 Å². The van der Waals surface area contributed by atoms with E-state index in [0.717, 1.165) is 12.1 Å². The fourth-order valence-corrected chi connectivity index (χ4v) is 3.69. The van der Waals surface area contributed by atoms with Crippen molar-refractivity contribution in [2.75, 3.05) is 11.5 Å². The Bertz CT molecular complexity index is 2790. The summed E-state index contributed by atoms with van der Waals surface area (Å²) in [7, 11) is 0. The number of anilines is 2. The van der Waals surface area contributed by atoms with E-state index in [-0.39, 0.29) is 22.7 Å². The third kappa shape index (κ3) is 13.6. The predicted molar refractivity (Wildman–Crippen MR) is 198 cm³/mol. The lowest BCUT2D eigenvalue weighted by Crippen LogP contribution is -2.20. The quantitative estimate of drug-likeness (QED) is 0.0496. The number of azo groups is 2. The minimum absolute atomic E-state index is 0.0278. The van der Waals surface area contributed by atoms with Crippen LogP contribution < -0.4 is 45.2 Å². The molecule has 3 aromatic heterocycles. The number of H-pyrrole nitrogens is 6. The number of rotatable bonds is 6. The number of nitro groups is 2. The minimum atomic E-state index is -0.930. The molecule has 0 aliphatic carbocycles. The van der Waals surface area contributed by atoms with Gasteiger partial charge in [-0.25, -0.2) is 14.4 Å². The molecule has 0 spiro atoms. The lowest BCUT2D eigenvalue weighted by Gasteiger charge is -1.96. The largest absolute Gasteiger partial charge is 0.494 e. The first-order valence-electron chi connectivity index (χ1n) is 15.0. The maximum atomic E-state index is 11.4. The van der Waals surface area contributed by atoms with Crippen LogP contribution in [0.25, 0.3) is 0 Å². The Hall–Kier alpha value is -9.30. The summed E-state index contributed by atoms with van der Waals surface area (Å²) in [5, 5.41) is 62.2. The molecule has 0 unspecified atom stereocenters. The van der Waals surface area contributed by atoms with Gasteiger partial charge in [-0.2, -0.15) is 5.11 Å². The van der Waals surface area contributed by atoms with Crippen LogP contribution in [0.15, 0.2) is 128 Å². The van der Waals surface area contributed by atoms with Gasteiger partial charge in [0.05, 0.1) is 27.3 Å². The first-order chi connectivity index (χ1) is 26.9. The molecule has 0 fully saturated rings. The predicted octanol–water partition coefficient (Wildman–Crippen LogP) is 1.80. The number of nitro benzene ring substituents is 2. The Balaban J connectivity index is 0.000000215. The molecule has 0 amide bonds. The molecule has 0 saturated carbocycles. The van der Waals surface area contributed by atoms with Crippen molar-refractivity contribution >= 4 is 45.5 Å². The van der Waals surface area contributed by atoms with Crippen molar-refractivity contribution in [1.29, 1.82) is 0 Å². The van der Waals surface area contributed by atoms with Crippen molar-refractivity contribution < 1.29 is 25.2 Å². The second-order valence-electron chi connectivity index (χ2n) is 10.3. The fourth-order valence-electron chi connectivity index (χ4n) is 3.69. The van der Waals surface area contributed by atoms with E-state index in [1.165, 1.54) is 30.3 Å². The molecule has 0 aliphatic rings. The molecular formula is C30H26N14O13. The average Bonchev–Trinajstić information content (AvgIpc) is 3.11. The van der Waals surface area contributed by atoms with Gasteiger partial charge < -0.3 is 26.8 Å². The van der Waals surface area contributed by atoms with E-state index in [1.807, 2.05) is 29.9 Å². The minimum Gasteiger partial charge on any atom is -0.494 e. The van der Waals surface area contributed by atoms with Gasteiger partial charge in [-0.1, -0.05) is 18.2 Å². The van der Waals surface area contributed by atoms with Crippen molar-refractivity contribution in [2.45, 2.75) is 0 Å². The third-order valence-corrected chi connectivity index (χ3v) is 6.07. The lowest BCUT2D eigenvalue weighted by atomic mass is 10.3. The van der Waals surface area contributed by atoms with Crippen LogP contribution in [0.5, 0.6) is 17.6 Å². The van der Waals surface area contributed by atoms with E-state index in [9.17, 15) is 59.2 Å². The highest BCUT2D eigenvalue weighted by Crippen LogP contribution is 2.24. The first kappa shape index (κ1) is 42.1. The number of benzene rings is 3. The fraction of sp³-hybridized carbons (Fsp3) is 0. The Labute approximate surface area is 311 Å². The number of non-ortho nitro benzene ring substituents is 2. The molecule has 294 valence electrons. The van der Waals surface area contributed by atoms with E-state index in [0.29, 0.717) is 17.1 Å². The van der Waals surface area contributed by atoms with Crippen molar-refractivity contribution in [3.63, 3.8) is 0 Å². The van der Waals surface area contributed by atoms with Crippen LogP contribution in [0, 0.1) is 20.2 Å². The Morgan fingerprint density at radius 3 is 1.33 bits per heavy atom. The summed E-state index contributed by atoms with van der Waals surface area (Å²) < 4.78 is 0. The third-order valence-electron chi connectivity index (χ3n) is 6.07. The van der Waals surface area contributed by atoms with Gasteiger partial charge in [0.25, 0.3) is 28.1 Å². The van der Waals surface area contributed by atoms with Gasteiger partial charge in [0.1, 0.15) is 0 Å².